The summed E-state index contributed by atoms with van der Waals surface area (Å²) in [6.45, 7) is 4.68. The van der Waals surface area contributed by atoms with E-state index in [0.717, 1.165) is 33.3 Å². The van der Waals surface area contributed by atoms with Crippen LogP contribution in [0.15, 0.2) is 218 Å². The van der Waals surface area contributed by atoms with Gasteiger partial charge in [-0.25, -0.2) is 4.98 Å². The third-order valence-corrected chi connectivity index (χ3v) is 13.0. The lowest BCUT2D eigenvalue weighted by molar-refractivity contribution is 0.663. The van der Waals surface area contributed by atoms with Crippen LogP contribution >= 0.6 is 0 Å². The normalized spacial score (nSPS) is 12.7. The Hall–Kier alpha value is -8.21. The van der Waals surface area contributed by atoms with Gasteiger partial charge in [-0.15, -0.1) is 0 Å². The molecule has 0 saturated carbocycles. The number of aromatic nitrogens is 4. The van der Waals surface area contributed by atoms with Crippen LogP contribution in [-0.2, 0) is 5.41 Å². The SMILES string of the molecule is CC1(C)c2ccccc2-c2ccc3c4ccccc4n(-c4nc(-c5ccccc5)nc(-c5ccc(-c6ccc(-c7cc(-c8ccccc8)cc(-c8ccccc8)c7)cc6)cc5)n4)c3c21. The van der Waals surface area contributed by atoms with Crippen molar-refractivity contribution < 1.29 is 0 Å². The molecule has 64 heavy (non-hydrogen) atoms. The van der Waals surface area contributed by atoms with Crippen LogP contribution in [0.1, 0.15) is 25.0 Å². The Balaban J connectivity index is 0.949. The number of para-hydroxylation sites is 1. The maximum Gasteiger partial charge on any atom is 0.238 e. The molecule has 0 aliphatic heterocycles. The average molecular weight is 819 g/mol. The topological polar surface area (TPSA) is 43.6 Å². The maximum absolute atomic E-state index is 5.34. The zero-order chi connectivity index (χ0) is 42.8. The molecule has 302 valence electrons. The van der Waals surface area contributed by atoms with Crippen LogP contribution in [0.3, 0.4) is 0 Å². The summed E-state index contributed by atoms with van der Waals surface area (Å²) < 4.78 is 2.28. The van der Waals surface area contributed by atoms with Crippen molar-refractivity contribution in [2.45, 2.75) is 19.3 Å². The summed E-state index contributed by atoms with van der Waals surface area (Å²) in [6, 6.07) is 77.9. The highest BCUT2D eigenvalue weighted by Gasteiger charge is 2.38. The lowest BCUT2D eigenvalue weighted by Crippen LogP contribution is -2.17. The second kappa shape index (κ2) is 15.0. The number of rotatable bonds is 7. The van der Waals surface area contributed by atoms with E-state index in [0.29, 0.717) is 17.6 Å². The van der Waals surface area contributed by atoms with Crippen molar-refractivity contribution in [3.63, 3.8) is 0 Å². The molecule has 0 N–H and O–H groups in total. The Kier molecular flexibility index (Phi) is 8.80. The van der Waals surface area contributed by atoms with Crippen LogP contribution < -0.4 is 0 Å². The van der Waals surface area contributed by atoms with Crippen LogP contribution in [0.5, 0.6) is 0 Å². The van der Waals surface area contributed by atoms with Crippen molar-refractivity contribution in [3.8, 4) is 84.4 Å². The van der Waals surface area contributed by atoms with Gasteiger partial charge in [0.25, 0.3) is 0 Å². The Morgan fingerprint density at radius 1 is 0.344 bits per heavy atom. The minimum atomic E-state index is -0.235. The minimum Gasteiger partial charge on any atom is -0.277 e. The summed E-state index contributed by atoms with van der Waals surface area (Å²) in [5, 5.41) is 2.36. The summed E-state index contributed by atoms with van der Waals surface area (Å²) in [5.41, 5.74) is 18.4. The molecule has 0 bridgehead atoms. The van der Waals surface area contributed by atoms with Crippen LogP contribution in [0.25, 0.3) is 106 Å². The Labute approximate surface area is 372 Å². The van der Waals surface area contributed by atoms with Crippen LogP contribution in [0.4, 0.5) is 0 Å². The quantitative estimate of drug-likeness (QED) is 0.161. The van der Waals surface area contributed by atoms with Crippen LogP contribution in [0.2, 0.25) is 0 Å². The summed E-state index contributed by atoms with van der Waals surface area (Å²) in [7, 11) is 0. The summed E-state index contributed by atoms with van der Waals surface area (Å²) in [4.78, 5) is 15.8. The molecule has 2 aromatic heterocycles. The molecule has 0 amide bonds. The standard InChI is InChI=1S/C60H42N4/c1-60(2)53-24-14-12-22-49(53)51-34-35-52-50-23-13-15-25-54(50)64(56(52)55(51)60)59-62-57(44-20-10-5-11-21-44)61-58(63-59)45-32-30-42(31-33-45)41-26-28-43(29-27-41)48-37-46(39-16-6-3-7-17-39)36-47(38-48)40-18-8-4-9-19-40/h3-38H,1-2H3. The molecule has 0 spiro atoms. The molecular weight excluding hydrogens is 777 g/mol. The van der Waals surface area contributed by atoms with Crippen molar-refractivity contribution in [3.05, 3.63) is 230 Å². The van der Waals surface area contributed by atoms with Gasteiger partial charge in [-0.2, -0.15) is 9.97 Å². The smallest absolute Gasteiger partial charge is 0.238 e. The van der Waals surface area contributed by atoms with Gasteiger partial charge >= 0.3 is 0 Å². The predicted octanol–water partition coefficient (Wildman–Crippen LogP) is 15.3. The Bertz CT molecular complexity index is 3480. The molecule has 9 aromatic carbocycles. The Morgan fingerprint density at radius 3 is 1.36 bits per heavy atom. The van der Waals surface area contributed by atoms with E-state index >= 15 is 0 Å². The van der Waals surface area contributed by atoms with E-state index in [9.17, 15) is 0 Å². The average Bonchev–Trinajstić information content (AvgIpc) is 3.82. The van der Waals surface area contributed by atoms with E-state index in [1.54, 1.807) is 0 Å². The molecular formula is C60H42N4. The van der Waals surface area contributed by atoms with Gasteiger partial charge in [0.05, 0.1) is 11.0 Å². The highest BCUT2D eigenvalue weighted by molar-refractivity contribution is 6.13. The molecule has 11 aromatic rings. The molecule has 0 radical (unpaired) electrons. The van der Waals surface area contributed by atoms with E-state index in [4.69, 9.17) is 15.0 Å². The summed E-state index contributed by atoms with van der Waals surface area (Å²) in [5.74, 6) is 1.86. The van der Waals surface area contributed by atoms with Gasteiger partial charge in [0.15, 0.2) is 11.6 Å². The van der Waals surface area contributed by atoms with Crippen molar-refractivity contribution in [1.29, 1.82) is 0 Å². The lowest BCUT2D eigenvalue weighted by atomic mass is 9.81. The third kappa shape index (κ3) is 6.26. The van der Waals surface area contributed by atoms with Crippen molar-refractivity contribution in [2.24, 2.45) is 0 Å². The van der Waals surface area contributed by atoms with E-state index in [1.165, 1.54) is 66.4 Å². The second-order valence-electron chi connectivity index (χ2n) is 17.2. The fourth-order valence-corrected chi connectivity index (χ4v) is 9.89. The van der Waals surface area contributed by atoms with Gasteiger partial charge in [0.1, 0.15) is 0 Å². The van der Waals surface area contributed by atoms with E-state index in [1.807, 2.05) is 18.2 Å². The highest BCUT2D eigenvalue weighted by atomic mass is 15.2. The molecule has 12 rings (SSSR count). The van der Waals surface area contributed by atoms with Crippen molar-refractivity contribution in [2.75, 3.05) is 0 Å². The molecule has 0 saturated heterocycles. The number of hydrogen-bond donors (Lipinski definition) is 0. The predicted molar refractivity (Wildman–Crippen MR) is 264 cm³/mol. The lowest BCUT2D eigenvalue weighted by Gasteiger charge is -2.23. The number of fused-ring (bicyclic) bond motifs is 7. The van der Waals surface area contributed by atoms with Crippen LogP contribution in [-0.4, -0.2) is 19.5 Å². The largest absolute Gasteiger partial charge is 0.277 e. The zero-order valence-corrected chi connectivity index (χ0v) is 35.6. The van der Waals surface area contributed by atoms with E-state index in [2.05, 4.69) is 219 Å². The van der Waals surface area contributed by atoms with Gasteiger partial charge in [-0.3, -0.25) is 4.57 Å². The van der Waals surface area contributed by atoms with Gasteiger partial charge in [-0.05, 0) is 91.0 Å². The minimum absolute atomic E-state index is 0.235. The van der Waals surface area contributed by atoms with Crippen molar-refractivity contribution >= 4 is 21.8 Å². The third-order valence-electron chi connectivity index (χ3n) is 13.0. The molecule has 1 aliphatic rings. The molecule has 1 aliphatic carbocycles. The van der Waals surface area contributed by atoms with Gasteiger partial charge < -0.3 is 0 Å². The first-order valence-electron chi connectivity index (χ1n) is 21.9. The molecule has 4 heteroatoms. The van der Waals surface area contributed by atoms with Crippen molar-refractivity contribution in [1.82, 2.24) is 19.5 Å². The fourth-order valence-electron chi connectivity index (χ4n) is 9.89. The zero-order valence-electron chi connectivity index (χ0n) is 35.6. The summed E-state index contributed by atoms with van der Waals surface area (Å²) in [6.07, 6.45) is 0. The van der Waals surface area contributed by atoms with Gasteiger partial charge in [-0.1, -0.05) is 208 Å². The first-order valence-corrected chi connectivity index (χ1v) is 21.9. The van der Waals surface area contributed by atoms with E-state index in [-0.39, 0.29) is 5.41 Å². The van der Waals surface area contributed by atoms with Gasteiger partial charge in [0.2, 0.25) is 5.95 Å². The van der Waals surface area contributed by atoms with Gasteiger partial charge in [0, 0.05) is 27.3 Å². The number of benzene rings is 9. The Morgan fingerprint density at radius 2 is 0.781 bits per heavy atom. The molecule has 0 atom stereocenters. The van der Waals surface area contributed by atoms with E-state index < -0.39 is 0 Å². The molecule has 4 nitrogen and oxygen atoms in total. The monoisotopic (exact) mass is 818 g/mol. The number of nitrogens with zero attached hydrogens (tertiary/aromatic N) is 4. The maximum atomic E-state index is 5.34. The first-order chi connectivity index (χ1) is 31.5. The highest BCUT2D eigenvalue weighted by Crippen LogP contribution is 2.53. The fraction of sp³-hybridized carbons (Fsp3) is 0.0500. The van der Waals surface area contributed by atoms with Crippen LogP contribution in [0, 0.1) is 0 Å². The molecule has 2 heterocycles. The first kappa shape index (κ1) is 37.5. The second-order valence-corrected chi connectivity index (χ2v) is 17.2. The number of hydrogen-bond acceptors (Lipinski definition) is 3. The summed E-state index contributed by atoms with van der Waals surface area (Å²) >= 11 is 0. The molecule has 0 unspecified atom stereocenters. The molecule has 0 fully saturated rings.